The molecule has 4 nitrogen and oxygen atoms in total. The zero-order valence-electron chi connectivity index (χ0n) is 14.8. The molecule has 1 aromatic heterocycles. The molecular weight excluding hydrogens is 429 g/mol. The molecule has 7 heteroatoms. The predicted octanol–water partition coefficient (Wildman–Crippen LogP) is 5.41. The first-order valence-corrected chi connectivity index (χ1v) is 10.2. The number of thioether (sulfide) groups is 1. The number of ketones is 1. The van der Waals surface area contributed by atoms with Crippen LogP contribution in [0.5, 0.6) is 0 Å². The molecule has 1 aliphatic heterocycles. The van der Waals surface area contributed by atoms with Crippen LogP contribution < -0.4 is 5.32 Å². The SMILES string of the molecule is CCC(=O)CSc1nccc2c1C(c1ccc(F)c(Br)c1)C(C#N)=C(C)N2. The molecule has 2 heterocycles. The number of hydrogen-bond acceptors (Lipinski definition) is 5. The van der Waals surface area contributed by atoms with Gasteiger partial charge >= 0.3 is 0 Å². The highest BCUT2D eigenvalue weighted by molar-refractivity contribution is 9.10. The number of fused-ring (bicyclic) bond motifs is 1. The van der Waals surface area contributed by atoms with Crippen molar-refractivity contribution in [3.8, 4) is 6.07 Å². The van der Waals surface area contributed by atoms with Crippen LogP contribution >= 0.6 is 27.7 Å². The molecule has 1 atom stereocenters. The van der Waals surface area contributed by atoms with Crippen molar-refractivity contribution in [2.45, 2.75) is 31.2 Å². The normalized spacial score (nSPS) is 15.7. The fraction of sp³-hybridized carbons (Fsp3) is 0.250. The number of nitrogens with zero attached hydrogens (tertiary/aromatic N) is 2. The summed E-state index contributed by atoms with van der Waals surface area (Å²) in [6.45, 7) is 3.68. The number of halogens is 2. The lowest BCUT2D eigenvalue weighted by molar-refractivity contribution is -0.116. The van der Waals surface area contributed by atoms with E-state index in [0.29, 0.717) is 27.2 Å². The maximum atomic E-state index is 13.8. The Hall–Kier alpha value is -2.17. The van der Waals surface area contributed by atoms with Crippen molar-refractivity contribution in [2.75, 3.05) is 11.1 Å². The number of benzene rings is 1. The Kier molecular flexibility index (Phi) is 5.98. The molecule has 138 valence electrons. The van der Waals surface area contributed by atoms with Crippen LogP contribution in [-0.2, 0) is 4.79 Å². The second-order valence-electron chi connectivity index (χ2n) is 6.14. The number of carbonyl (C=O) groups is 1. The van der Waals surface area contributed by atoms with Gasteiger partial charge in [0, 0.05) is 29.6 Å². The van der Waals surface area contributed by atoms with Gasteiger partial charge in [-0.15, -0.1) is 0 Å². The van der Waals surface area contributed by atoms with Gasteiger partial charge in [0.25, 0.3) is 0 Å². The van der Waals surface area contributed by atoms with E-state index in [4.69, 9.17) is 0 Å². The molecule has 1 unspecified atom stereocenters. The van der Waals surface area contributed by atoms with E-state index in [2.05, 4.69) is 32.3 Å². The number of hydrogen-bond donors (Lipinski definition) is 1. The van der Waals surface area contributed by atoms with Gasteiger partial charge < -0.3 is 5.32 Å². The molecule has 3 rings (SSSR count). The summed E-state index contributed by atoms with van der Waals surface area (Å²) in [6.07, 6.45) is 2.16. The molecule has 27 heavy (non-hydrogen) atoms. The van der Waals surface area contributed by atoms with Crippen LogP contribution in [0.3, 0.4) is 0 Å². The minimum absolute atomic E-state index is 0.136. The maximum Gasteiger partial charge on any atom is 0.142 e. The molecule has 0 amide bonds. The summed E-state index contributed by atoms with van der Waals surface area (Å²) >= 11 is 4.60. The number of nitriles is 1. The van der Waals surface area contributed by atoms with Gasteiger partial charge in [0.2, 0.25) is 0 Å². The van der Waals surface area contributed by atoms with Gasteiger partial charge in [-0.3, -0.25) is 4.79 Å². The molecular formula is C20H17BrFN3OS. The first-order valence-electron chi connectivity index (χ1n) is 8.42. The van der Waals surface area contributed by atoms with Crippen LogP contribution in [0.25, 0.3) is 0 Å². The Bertz CT molecular complexity index is 984. The number of allylic oxidation sites excluding steroid dienone is 2. The summed E-state index contributed by atoms with van der Waals surface area (Å²) < 4.78 is 14.1. The van der Waals surface area contributed by atoms with E-state index in [0.717, 1.165) is 22.5 Å². The van der Waals surface area contributed by atoms with Gasteiger partial charge in [-0.05, 0) is 46.6 Å². The van der Waals surface area contributed by atoms with Crippen LogP contribution in [0.15, 0.2) is 51.2 Å². The molecule has 1 N–H and O–H groups in total. The third kappa shape index (κ3) is 3.92. The third-order valence-electron chi connectivity index (χ3n) is 4.42. The molecule has 0 spiro atoms. The van der Waals surface area contributed by atoms with Crippen LogP contribution in [0.1, 0.15) is 37.3 Å². The Balaban J connectivity index is 2.16. The Morgan fingerprint density at radius 2 is 2.22 bits per heavy atom. The summed E-state index contributed by atoms with van der Waals surface area (Å²) in [6, 6.07) is 8.90. The van der Waals surface area contributed by atoms with E-state index in [1.807, 2.05) is 19.9 Å². The summed E-state index contributed by atoms with van der Waals surface area (Å²) in [5.74, 6) is -0.279. The number of nitrogens with one attached hydrogen (secondary N) is 1. The molecule has 0 saturated carbocycles. The summed E-state index contributed by atoms with van der Waals surface area (Å²) in [5.41, 5.74) is 3.78. The van der Waals surface area contributed by atoms with Crippen LogP contribution in [0.2, 0.25) is 0 Å². The Morgan fingerprint density at radius 3 is 2.89 bits per heavy atom. The third-order valence-corrected chi connectivity index (χ3v) is 6.09. The molecule has 0 saturated heterocycles. The second kappa shape index (κ2) is 8.24. The van der Waals surface area contributed by atoms with Gasteiger partial charge in [0.15, 0.2) is 0 Å². The number of rotatable bonds is 5. The summed E-state index contributed by atoms with van der Waals surface area (Å²) in [5, 5.41) is 13.7. The van der Waals surface area contributed by atoms with Crippen molar-refractivity contribution in [2.24, 2.45) is 0 Å². The first-order chi connectivity index (χ1) is 13.0. The number of Topliss-reactive ketones (excluding diaryl/α,β-unsaturated/α-hetero) is 1. The highest BCUT2D eigenvalue weighted by Crippen LogP contribution is 2.45. The summed E-state index contributed by atoms with van der Waals surface area (Å²) in [7, 11) is 0. The lowest BCUT2D eigenvalue weighted by atomic mass is 9.82. The number of pyridine rings is 1. The smallest absolute Gasteiger partial charge is 0.142 e. The molecule has 1 aliphatic rings. The van der Waals surface area contributed by atoms with E-state index in [-0.39, 0.29) is 17.5 Å². The van der Waals surface area contributed by atoms with Crippen molar-refractivity contribution in [1.29, 1.82) is 5.26 Å². The standard InChI is InChI=1S/C20H17BrFN3OS/c1-3-13(26)10-27-20-19-17(6-7-24-20)25-11(2)14(9-23)18(19)12-4-5-16(22)15(21)8-12/h4-8,18,25H,3,10H2,1-2H3. The average Bonchev–Trinajstić information content (AvgIpc) is 2.67. The van der Waals surface area contributed by atoms with Gasteiger partial charge in [-0.2, -0.15) is 5.26 Å². The van der Waals surface area contributed by atoms with E-state index >= 15 is 0 Å². The van der Waals surface area contributed by atoms with E-state index in [1.165, 1.54) is 17.8 Å². The quantitative estimate of drug-likeness (QED) is 0.623. The monoisotopic (exact) mass is 445 g/mol. The number of carbonyl (C=O) groups excluding carboxylic acids is 1. The fourth-order valence-corrected chi connectivity index (χ4v) is 4.43. The molecule has 0 bridgehead atoms. The molecule has 0 fully saturated rings. The molecule has 0 aliphatic carbocycles. The minimum atomic E-state index is -0.379. The Labute approximate surface area is 170 Å². The van der Waals surface area contributed by atoms with Gasteiger partial charge in [-0.25, -0.2) is 9.37 Å². The summed E-state index contributed by atoms with van der Waals surface area (Å²) in [4.78, 5) is 16.2. The van der Waals surface area contributed by atoms with E-state index in [1.54, 1.807) is 18.3 Å². The lowest BCUT2D eigenvalue weighted by Crippen LogP contribution is -2.19. The van der Waals surface area contributed by atoms with Crippen molar-refractivity contribution in [3.63, 3.8) is 0 Å². The van der Waals surface area contributed by atoms with Crippen LogP contribution in [0, 0.1) is 17.1 Å². The molecule has 1 aromatic carbocycles. The van der Waals surface area contributed by atoms with Crippen molar-refractivity contribution < 1.29 is 9.18 Å². The topological polar surface area (TPSA) is 65.8 Å². The molecule has 0 radical (unpaired) electrons. The highest BCUT2D eigenvalue weighted by Gasteiger charge is 2.31. The van der Waals surface area contributed by atoms with Gasteiger partial charge in [0.05, 0.1) is 27.8 Å². The lowest BCUT2D eigenvalue weighted by Gasteiger charge is -2.29. The average molecular weight is 446 g/mol. The van der Waals surface area contributed by atoms with Gasteiger partial charge in [-0.1, -0.05) is 24.8 Å². The second-order valence-corrected chi connectivity index (χ2v) is 7.96. The minimum Gasteiger partial charge on any atom is -0.358 e. The van der Waals surface area contributed by atoms with E-state index in [9.17, 15) is 14.4 Å². The van der Waals surface area contributed by atoms with Gasteiger partial charge in [0.1, 0.15) is 16.6 Å². The van der Waals surface area contributed by atoms with Crippen molar-refractivity contribution in [3.05, 3.63) is 63.1 Å². The fourth-order valence-electron chi connectivity index (χ4n) is 3.01. The zero-order valence-corrected chi connectivity index (χ0v) is 17.2. The van der Waals surface area contributed by atoms with Crippen LogP contribution in [-0.4, -0.2) is 16.5 Å². The highest BCUT2D eigenvalue weighted by atomic mass is 79.9. The largest absolute Gasteiger partial charge is 0.358 e. The Morgan fingerprint density at radius 1 is 1.44 bits per heavy atom. The van der Waals surface area contributed by atoms with E-state index < -0.39 is 0 Å². The molecule has 2 aromatic rings. The zero-order chi connectivity index (χ0) is 19.6. The van der Waals surface area contributed by atoms with Crippen LogP contribution in [0.4, 0.5) is 10.1 Å². The van der Waals surface area contributed by atoms with Crippen molar-refractivity contribution in [1.82, 2.24) is 4.98 Å². The van der Waals surface area contributed by atoms with Crippen molar-refractivity contribution >= 4 is 39.2 Å². The first kappa shape index (κ1) is 19.6. The maximum absolute atomic E-state index is 13.8. The number of aromatic nitrogens is 1. The predicted molar refractivity (Wildman–Crippen MR) is 108 cm³/mol. The number of anilines is 1.